The summed E-state index contributed by atoms with van der Waals surface area (Å²) >= 11 is 3.35. The predicted octanol–water partition coefficient (Wildman–Crippen LogP) is 2.13. The number of nitrogens with two attached hydrogens (primary N) is 1. The molecule has 0 bridgehead atoms. The Balaban J connectivity index is 2.99. The molecule has 0 saturated heterocycles. The van der Waals surface area contributed by atoms with E-state index in [-0.39, 0.29) is 0 Å². The van der Waals surface area contributed by atoms with Crippen molar-refractivity contribution < 1.29 is 0 Å². The summed E-state index contributed by atoms with van der Waals surface area (Å²) in [5.74, 6) is 5.12. The second-order valence-corrected chi connectivity index (χ2v) is 3.14. The van der Waals surface area contributed by atoms with Crippen LogP contribution in [0.2, 0.25) is 0 Å². The standard InChI is InChI=1S/C8H9BrN2/c1-6(11-10)7-2-4-8(9)5-3-7/h2-5H,10H2,1H3/b11-6+. The Hall–Kier alpha value is -0.830. The molecule has 0 fully saturated rings. The van der Waals surface area contributed by atoms with Gasteiger partial charge in [-0.3, -0.25) is 0 Å². The van der Waals surface area contributed by atoms with Gasteiger partial charge in [-0.2, -0.15) is 5.10 Å². The van der Waals surface area contributed by atoms with Gasteiger partial charge in [-0.1, -0.05) is 28.1 Å². The fourth-order valence-electron chi connectivity index (χ4n) is 0.766. The maximum absolute atomic E-state index is 5.12. The Kier molecular flexibility index (Phi) is 2.65. The lowest BCUT2D eigenvalue weighted by Crippen LogP contribution is -1.97. The Morgan fingerprint density at radius 3 is 2.36 bits per heavy atom. The highest BCUT2D eigenvalue weighted by molar-refractivity contribution is 9.10. The molecule has 0 aromatic heterocycles. The normalized spacial score (nSPS) is 11.6. The van der Waals surface area contributed by atoms with Crippen LogP contribution in [0.4, 0.5) is 0 Å². The molecule has 0 unspecified atom stereocenters. The van der Waals surface area contributed by atoms with Crippen molar-refractivity contribution in [2.75, 3.05) is 0 Å². The van der Waals surface area contributed by atoms with Gasteiger partial charge in [-0.05, 0) is 24.6 Å². The maximum Gasteiger partial charge on any atom is 0.0641 e. The fourth-order valence-corrected chi connectivity index (χ4v) is 1.03. The molecular weight excluding hydrogens is 204 g/mol. The van der Waals surface area contributed by atoms with Crippen molar-refractivity contribution in [3.8, 4) is 0 Å². The van der Waals surface area contributed by atoms with E-state index >= 15 is 0 Å². The molecule has 0 saturated carbocycles. The van der Waals surface area contributed by atoms with Crippen LogP contribution in [0.15, 0.2) is 33.8 Å². The van der Waals surface area contributed by atoms with Crippen molar-refractivity contribution in [2.24, 2.45) is 10.9 Å². The van der Waals surface area contributed by atoms with Crippen molar-refractivity contribution in [3.63, 3.8) is 0 Å². The minimum Gasteiger partial charge on any atom is -0.323 e. The van der Waals surface area contributed by atoms with Gasteiger partial charge in [0.05, 0.1) is 5.71 Å². The topological polar surface area (TPSA) is 38.4 Å². The maximum atomic E-state index is 5.12. The van der Waals surface area contributed by atoms with Crippen LogP contribution in [0.3, 0.4) is 0 Å². The molecule has 0 spiro atoms. The molecule has 0 atom stereocenters. The summed E-state index contributed by atoms with van der Waals surface area (Å²) in [5, 5.41) is 3.59. The Morgan fingerprint density at radius 1 is 1.36 bits per heavy atom. The third-order valence-corrected chi connectivity index (χ3v) is 1.98. The lowest BCUT2D eigenvalue weighted by Gasteiger charge is -1.97. The van der Waals surface area contributed by atoms with E-state index in [2.05, 4.69) is 21.0 Å². The van der Waals surface area contributed by atoms with Gasteiger partial charge in [0.15, 0.2) is 0 Å². The summed E-state index contributed by atoms with van der Waals surface area (Å²) in [6.45, 7) is 1.88. The molecular formula is C8H9BrN2. The van der Waals surface area contributed by atoms with Crippen molar-refractivity contribution in [2.45, 2.75) is 6.92 Å². The van der Waals surface area contributed by atoms with Gasteiger partial charge < -0.3 is 5.84 Å². The zero-order valence-electron chi connectivity index (χ0n) is 6.21. The predicted molar refractivity (Wildman–Crippen MR) is 50.5 cm³/mol. The molecule has 3 heteroatoms. The third kappa shape index (κ3) is 2.05. The summed E-state index contributed by atoms with van der Waals surface area (Å²) in [5.41, 5.74) is 1.90. The van der Waals surface area contributed by atoms with E-state index in [1.165, 1.54) is 0 Å². The fraction of sp³-hybridized carbons (Fsp3) is 0.125. The highest BCUT2D eigenvalue weighted by Gasteiger charge is 1.94. The molecule has 11 heavy (non-hydrogen) atoms. The zero-order chi connectivity index (χ0) is 8.27. The van der Waals surface area contributed by atoms with E-state index < -0.39 is 0 Å². The largest absolute Gasteiger partial charge is 0.323 e. The summed E-state index contributed by atoms with van der Waals surface area (Å²) < 4.78 is 1.06. The average Bonchev–Trinajstić information content (AvgIpc) is 2.05. The summed E-state index contributed by atoms with van der Waals surface area (Å²) in [4.78, 5) is 0. The van der Waals surface area contributed by atoms with E-state index in [1.54, 1.807) is 0 Å². The molecule has 58 valence electrons. The first-order chi connectivity index (χ1) is 5.24. The van der Waals surface area contributed by atoms with Crippen molar-refractivity contribution in [3.05, 3.63) is 34.3 Å². The lowest BCUT2D eigenvalue weighted by atomic mass is 10.1. The van der Waals surface area contributed by atoms with E-state index in [9.17, 15) is 0 Å². The number of benzene rings is 1. The van der Waals surface area contributed by atoms with Gasteiger partial charge in [-0.25, -0.2) is 0 Å². The number of hydrogen-bond acceptors (Lipinski definition) is 2. The van der Waals surface area contributed by atoms with Crippen LogP contribution < -0.4 is 5.84 Å². The molecule has 0 amide bonds. The van der Waals surface area contributed by atoms with Crippen LogP contribution in [0, 0.1) is 0 Å². The van der Waals surface area contributed by atoms with Crippen LogP contribution in [0.25, 0.3) is 0 Å². The minimum absolute atomic E-state index is 0.845. The van der Waals surface area contributed by atoms with Crippen molar-refractivity contribution >= 4 is 21.6 Å². The highest BCUT2D eigenvalue weighted by Crippen LogP contribution is 2.10. The molecule has 0 radical (unpaired) electrons. The van der Waals surface area contributed by atoms with Gasteiger partial charge in [0.25, 0.3) is 0 Å². The quantitative estimate of drug-likeness (QED) is 0.433. The second kappa shape index (κ2) is 3.53. The first-order valence-electron chi connectivity index (χ1n) is 3.24. The Morgan fingerprint density at radius 2 is 1.91 bits per heavy atom. The number of hydrazone groups is 1. The number of rotatable bonds is 1. The summed E-state index contributed by atoms with van der Waals surface area (Å²) in [6, 6.07) is 7.86. The van der Waals surface area contributed by atoms with Crippen molar-refractivity contribution in [1.29, 1.82) is 0 Å². The molecule has 2 nitrogen and oxygen atoms in total. The van der Waals surface area contributed by atoms with Crippen LogP contribution in [0.1, 0.15) is 12.5 Å². The van der Waals surface area contributed by atoms with E-state index in [4.69, 9.17) is 5.84 Å². The van der Waals surface area contributed by atoms with Crippen LogP contribution in [-0.2, 0) is 0 Å². The average molecular weight is 213 g/mol. The summed E-state index contributed by atoms with van der Waals surface area (Å²) in [6.07, 6.45) is 0. The van der Waals surface area contributed by atoms with Crippen molar-refractivity contribution in [1.82, 2.24) is 0 Å². The number of nitrogens with zero attached hydrogens (tertiary/aromatic N) is 1. The smallest absolute Gasteiger partial charge is 0.0641 e. The third-order valence-electron chi connectivity index (χ3n) is 1.46. The van der Waals surface area contributed by atoms with Gasteiger partial charge >= 0.3 is 0 Å². The molecule has 2 N–H and O–H groups in total. The van der Waals surface area contributed by atoms with Gasteiger partial charge in [0.1, 0.15) is 0 Å². The lowest BCUT2D eigenvalue weighted by molar-refractivity contribution is 1.24. The van der Waals surface area contributed by atoms with Gasteiger partial charge in [0.2, 0.25) is 0 Å². The Bertz CT molecular complexity index is 264. The molecule has 1 aromatic carbocycles. The van der Waals surface area contributed by atoms with Crippen LogP contribution in [0.5, 0.6) is 0 Å². The van der Waals surface area contributed by atoms with Crippen LogP contribution in [-0.4, -0.2) is 5.71 Å². The highest BCUT2D eigenvalue weighted by atomic mass is 79.9. The minimum atomic E-state index is 0.845. The van der Waals surface area contributed by atoms with E-state index in [0.29, 0.717) is 0 Å². The SMILES string of the molecule is C/C(=N\N)c1ccc(Br)cc1. The molecule has 0 aliphatic heterocycles. The molecule has 0 aliphatic rings. The monoisotopic (exact) mass is 212 g/mol. The second-order valence-electron chi connectivity index (χ2n) is 2.22. The number of halogens is 1. The first kappa shape index (κ1) is 8.27. The van der Waals surface area contributed by atoms with E-state index in [0.717, 1.165) is 15.7 Å². The molecule has 0 aliphatic carbocycles. The van der Waals surface area contributed by atoms with Gasteiger partial charge in [0, 0.05) is 4.47 Å². The molecule has 1 aromatic rings. The molecule has 1 rings (SSSR count). The van der Waals surface area contributed by atoms with Crippen LogP contribution >= 0.6 is 15.9 Å². The van der Waals surface area contributed by atoms with E-state index in [1.807, 2.05) is 31.2 Å². The van der Waals surface area contributed by atoms with Gasteiger partial charge in [-0.15, -0.1) is 0 Å². The molecule has 0 heterocycles. The Labute approximate surface area is 74.2 Å². The number of hydrogen-bond donors (Lipinski definition) is 1. The first-order valence-corrected chi connectivity index (χ1v) is 4.04. The zero-order valence-corrected chi connectivity index (χ0v) is 7.80. The summed E-state index contributed by atoms with van der Waals surface area (Å²) in [7, 11) is 0.